The lowest BCUT2D eigenvalue weighted by Gasteiger charge is -2.18. The molecule has 0 atom stereocenters. The lowest BCUT2D eigenvalue weighted by molar-refractivity contribution is -0.116. The summed E-state index contributed by atoms with van der Waals surface area (Å²) in [6.07, 6.45) is 0. The quantitative estimate of drug-likeness (QED) is 0.922. The molecular weight excluding hydrogens is 333 g/mol. The topological polar surface area (TPSA) is 52.7 Å². The van der Waals surface area contributed by atoms with Gasteiger partial charge in [-0.05, 0) is 30.3 Å². The molecule has 0 aromatic heterocycles. The minimum Gasteiger partial charge on any atom is -0.324 e. The lowest BCUT2D eigenvalue weighted by atomic mass is 10.3. The Morgan fingerprint density at radius 2 is 1.96 bits per heavy atom. The number of benzene rings is 2. The van der Waals surface area contributed by atoms with Gasteiger partial charge in [-0.15, -0.1) is 0 Å². The summed E-state index contributed by atoms with van der Waals surface area (Å²) in [7, 11) is 0. The van der Waals surface area contributed by atoms with E-state index in [1.807, 2.05) is 0 Å². The molecule has 0 aliphatic carbocycles. The van der Waals surface area contributed by atoms with Crippen molar-refractivity contribution in [3.63, 3.8) is 0 Å². The summed E-state index contributed by atoms with van der Waals surface area (Å²) in [6.45, 7) is 0.594. The van der Waals surface area contributed by atoms with E-state index in [2.05, 4.69) is 5.32 Å². The number of nitrogens with one attached hydrogen (secondary N) is 1. The second-order valence-electron chi connectivity index (χ2n) is 5.37. The van der Waals surface area contributed by atoms with Crippen molar-refractivity contribution in [2.45, 2.75) is 0 Å². The van der Waals surface area contributed by atoms with Crippen LogP contribution >= 0.6 is 11.6 Å². The van der Waals surface area contributed by atoms with Gasteiger partial charge in [0.1, 0.15) is 12.4 Å². The summed E-state index contributed by atoms with van der Waals surface area (Å²) < 4.78 is 13.8. The maximum atomic E-state index is 13.8. The zero-order valence-electron chi connectivity index (χ0n) is 12.7. The Kier molecular flexibility index (Phi) is 4.66. The van der Waals surface area contributed by atoms with Crippen molar-refractivity contribution in [2.75, 3.05) is 29.9 Å². The summed E-state index contributed by atoms with van der Waals surface area (Å²) in [5, 5.41) is 3.20. The summed E-state index contributed by atoms with van der Waals surface area (Å²) in [6, 6.07) is 12.4. The highest BCUT2D eigenvalue weighted by Gasteiger charge is 2.32. The molecule has 1 fully saturated rings. The van der Waals surface area contributed by atoms with Crippen LogP contribution in [0.25, 0.3) is 0 Å². The van der Waals surface area contributed by atoms with Crippen molar-refractivity contribution in [3.8, 4) is 0 Å². The summed E-state index contributed by atoms with van der Waals surface area (Å²) >= 11 is 5.87. The third-order valence-corrected chi connectivity index (χ3v) is 3.92. The second kappa shape index (κ2) is 6.88. The molecule has 1 aliphatic rings. The average molecular weight is 348 g/mol. The number of amides is 3. The summed E-state index contributed by atoms with van der Waals surface area (Å²) in [5.41, 5.74) is 0.783. The number of carbonyl (C=O) groups excluding carboxylic acids is 2. The van der Waals surface area contributed by atoms with E-state index in [-0.39, 0.29) is 24.2 Å². The van der Waals surface area contributed by atoms with Crippen molar-refractivity contribution >= 4 is 34.9 Å². The number of halogens is 2. The SMILES string of the molecule is O=C(CN1CCN(c2ccccc2F)C1=O)Nc1cccc(Cl)c1. The van der Waals surface area contributed by atoms with Crippen molar-refractivity contribution in [2.24, 2.45) is 0 Å². The highest BCUT2D eigenvalue weighted by atomic mass is 35.5. The van der Waals surface area contributed by atoms with Crippen molar-refractivity contribution in [1.29, 1.82) is 0 Å². The van der Waals surface area contributed by atoms with Gasteiger partial charge in [0.25, 0.3) is 0 Å². The van der Waals surface area contributed by atoms with Crippen LogP contribution in [0.15, 0.2) is 48.5 Å². The van der Waals surface area contributed by atoms with E-state index in [0.29, 0.717) is 23.8 Å². The third kappa shape index (κ3) is 3.49. The Morgan fingerprint density at radius 1 is 1.17 bits per heavy atom. The molecule has 1 heterocycles. The van der Waals surface area contributed by atoms with Crippen LogP contribution in [-0.4, -0.2) is 36.5 Å². The predicted molar refractivity (Wildman–Crippen MR) is 90.8 cm³/mol. The van der Waals surface area contributed by atoms with Gasteiger partial charge >= 0.3 is 6.03 Å². The van der Waals surface area contributed by atoms with Crippen LogP contribution in [0.5, 0.6) is 0 Å². The number of anilines is 2. The van der Waals surface area contributed by atoms with Gasteiger partial charge in [-0.2, -0.15) is 0 Å². The van der Waals surface area contributed by atoms with Gasteiger partial charge in [0.15, 0.2) is 0 Å². The molecule has 0 saturated carbocycles. The first kappa shape index (κ1) is 16.3. The van der Waals surface area contributed by atoms with Gasteiger partial charge in [0.05, 0.1) is 5.69 Å². The monoisotopic (exact) mass is 347 g/mol. The van der Waals surface area contributed by atoms with E-state index >= 15 is 0 Å². The standard InChI is InChI=1S/C17H15ClFN3O2/c18-12-4-3-5-13(10-12)20-16(23)11-21-8-9-22(17(21)24)15-7-2-1-6-14(15)19/h1-7,10H,8-9,11H2,(H,20,23). The molecule has 2 aromatic rings. The number of hydrogen-bond acceptors (Lipinski definition) is 2. The molecule has 5 nitrogen and oxygen atoms in total. The Hall–Kier alpha value is -2.60. The van der Waals surface area contributed by atoms with Gasteiger partial charge in [-0.25, -0.2) is 9.18 Å². The fourth-order valence-electron chi connectivity index (χ4n) is 2.56. The van der Waals surface area contributed by atoms with Crippen LogP contribution in [0.4, 0.5) is 20.6 Å². The number of rotatable bonds is 4. The maximum absolute atomic E-state index is 13.8. The Bertz CT molecular complexity index is 784. The van der Waals surface area contributed by atoms with E-state index in [0.717, 1.165) is 0 Å². The van der Waals surface area contributed by atoms with E-state index in [1.54, 1.807) is 42.5 Å². The molecule has 0 spiro atoms. The molecule has 0 unspecified atom stereocenters. The second-order valence-corrected chi connectivity index (χ2v) is 5.80. The molecule has 1 aliphatic heterocycles. The van der Waals surface area contributed by atoms with Crippen molar-refractivity contribution in [3.05, 3.63) is 59.4 Å². The van der Waals surface area contributed by atoms with Crippen molar-refractivity contribution < 1.29 is 14.0 Å². The predicted octanol–water partition coefficient (Wildman–Crippen LogP) is 3.36. The molecule has 3 rings (SSSR count). The normalized spacial score (nSPS) is 14.2. The Morgan fingerprint density at radius 3 is 2.71 bits per heavy atom. The minimum atomic E-state index is -0.462. The third-order valence-electron chi connectivity index (χ3n) is 3.68. The van der Waals surface area contributed by atoms with E-state index < -0.39 is 5.82 Å². The number of hydrogen-bond donors (Lipinski definition) is 1. The van der Waals surface area contributed by atoms with Crippen molar-refractivity contribution in [1.82, 2.24) is 4.90 Å². The smallest absolute Gasteiger partial charge is 0.324 e. The van der Waals surface area contributed by atoms with Crippen LogP contribution in [0, 0.1) is 5.82 Å². The molecule has 0 bridgehead atoms. The molecule has 0 radical (unpaired) electrons. The Labute approximate surface area is 143 Å². The zero-order valence-corrected chi connectivity index (χ0v) is 13.5. The number of para-hydroxylation sites is 1. The maximum Gasteiger partial charge on any atom is 0.325 e. The van der Waals surface area contributed by atoms with Gasteiger partial charge < -0.3 is 10.2 Å². The van der Waals surface area contributed by atoms with E-state index in [1.165, 1.54) is 15.9 Å². The molecule has 2 aromatic carbocycles. The van der Waals surface area contributed by atoms with E-state index in [4.69, 9.17) is 11.6 Å². The molecule has 3 amide bonds. The van der Waals surface area contributed by atoms with Crippen LogP contribution < -0.4 is 10.2 Å². The molecule has 7 heteroatoms. The van der Waals surface area contributed by atoms with E-state index in [9.17, 15) is 14.0 Å². The summed E-state index contributed by atoms with van der Waals surface area (Å²) in [5.74, 6) is -0.794. The lowest BCUT2D eigenvalue weighted by Crippen LogP contribution is -2.37. The number of urea groups is 1. The molecule has 1 saturated heterocycles. The first-order valence-electron chi connectivity index (χ1n) is 7.41. The molecule has 24 heavy (non-hydrogen) atoms. The molecule has 124 valence electrons. The summed E-state index contributed by atoms with van der Waals surface area (Å²) in [4.78, 5) is 27.2. The van der Waals surface area contributed by atoms with Crippen LogP contribution in [0.1, 0.15) is 0 Å². The zero-order chi connectivity index (χ0) is 17.1. The fourth-order valence-corrected chi connectivity index (χ4v) is 2.75. The first-order chi connectivity index (χ1) is 11.5. The van der Waals surface area contributed by atoms with Gasteiger partial charge in [-0.1, -0.05) is 29.8 Å². The fraction of sp³-hybridized carbons (Fsp3) is 0.176. The number of carbonyl (C=O) groups is 2. The number of nitrogens with zero attached hydrogens (tertiary/aromatic N) is 2. The van der Waals surface area contributed by atoms with Crippen LogP contribution in [0.3, 0.4) is 0 Å². The molecular formula is C17H15ClFN3O2. The van der Waals surface area contributed by atoms with Gasteiger partial charge in [-0.3, -0.25) is 9.69 Å². The average Bonchev–Trinajstić information content (AvgIpc) is 2.89. The van der Waals surface area contributed by atoms with Gasteiger partial charge in [0, 0.05) is 23.8 Å². The minimum absolute atomic E-state index is 0.101. The largest absolute Gasteiger partial charge is 0.325 e. The van der Waals surface area contributed by atoms with Gasteiger partial charge in [0.2, 0.25) is 5.91 Å². The highest BCUT2D eigenvalue weighted by Crippen LogP contribution is 2.23. The highest BCUT2D eigenvalue weighted by molar-refractivity contribution is 6.30. The molecule has 1 N–H and O–H groups in total. The van der Waals surface area contributed by atoms with Crippen LogP contribution in [-0.2, 0) is 4.79 Å². The first-order valence-corrected chi connectivity index (χ1v) is 7.79. The van der Waals surface area contributed by atoms with Crippen LogP contribution in [0.2, 0.25) is 5.02 Å². The Balaban J connectivity index is 1.63.